The van der Waals surface area contributed by atoms with Gasteiger partial charge in [0.2, 0.25) is 5.82 Å². The van der Waals surface area contributed by atoms with E-state index in [1.54, 1.807) is 14.0 Å². The second-order valence-electron chi connectivity index (χ2n) is 4.34. The van der Waals surface area contributed by atoms with Crippen molar-refractivity contribution in [2.75, 3.05) is 11.9 Å². The molecule has 2 N–H and O–H groups in total. The van der Waals surface area contributed by atoms with Crippen LogP contribution in [0.5, 0.6) is 0 Å². The highest BCUT2D eigenvalue weighted by Gasteiger charge is 2.25. The highest BCUT2D eigenvalue weighted by molar-refractivity contribution is 5.59. The molecule has 0 saturated carbocycles. The maximum atomic E-state index is 11.1. The number of anilines is 1. The van der Waals surface area contributed by atoms with Crippen LogP contribution in [0.1, 0.15) is 32.4 Å². The zero-order valence-electron chi connectivity index (χ0n) is 11.0. The van der Waals surface area contributed by atoms with E-state index >= 15 is 0 Å². The molecule has 1 heterocycles. The Bertz CT molecular complexity index is 415. The van der Waals surface area contributed by atoms with Gasteiger partial charge < -0.3 is 10.4 Å². The number of hydrogen-bond acceptors (Lipinski definition) is 5. The van der Waals surface area contributed by atoms with E-state index in [0.717, 1.165) is 6.42 Å². The summed E-state index contributed by atoms with van der Waals surface area (Å²) in [5, 5.41) is 27.4. The molecule has 0 bridgehead atoms. The van der Waals surface area contributed by atoms with Gasteiger partial charge in [-0.05, 0) is 19.8 Å². The molecule has 0 aliphatic rings. The molecule has 0 spiro atoms. The highest BCUT2D eigenvalue weighted by atomic mass is 16.6. The number of hydrogen-bond donors (Lipinski definition) is 2. The van der Waals surface area contributed by atoms with Gasteiger partial charge in [0.1, 0.15) is 5.69 Å². The first-order chi connectivity index (χ1) is 8.47. The van der Waals surface area contributed by atoms with E-state index in [9.17, 15) is 15.2 Å². The molecular weight excluding hydrogens is 236 g/mol. The Morgan fingerprint density at radius 3 is 2.78 bits per heavy atom. The maximum absolute atomic E-state index is 11.1. The topological polar surface area (TPSA) is 93.2 Å². The number of nitrogens with one attached hydrogen (secondary N) is 1. The molecule has 7 heteroatoms. The van der Waals surface area contributed by atoms with Crippen molar-refractivity contribution in [2.24, 2.45) is 7.05 Å². The van der Waals surface area contributed by atoms with Crippen LogP contribution in [0.3, 0.4) is 0 Å². The van der Waals surface area contributed by atoms with Gasteiger partial charge in [0.25, 0.3) is 0 Å². The first-order valence-electron chi connectivity index (χ1n) is 6.09. The molecule has 0 radical (unpaired) electrons. The maximum Gasteiger partial charge on any atom is 0.333 e. The summed E-state index contributed by atoms with van der Waals surface area (Å²) in [6, 6.07) is 0. The summed E-state index contributed by atoms with van der Waals surface area (Å²) in [7, 11) is 1.68. The fraction of sp³-hybridized carbons (Fsp3) is 0.727. The van der Waals surface area contributed by atoms with Crippen molar-refractivity contribution in [1.29, 1.82) is 0 Å². The van der Waals surface area contributed by atoms with Gasteiger partial charge >= 0.3 is 5.69 Å². The van der Waals surface area contributed by atoms with Crippen molar-refractivity contribution in [3.05, 3.63) is 15.8 Å². The van der Waals surface area contributed by atoms with E-state index in [0.29, 0.717) is 30.9 Å². The van der Waals surface area contributed by atoms with Gasteiger partial charge in [-0.15, -0.1) is 0 Å². The largest absolute Gasteiger partial charge is 0.393 e. The zero-order chi connectivity index (χ0) is 13.7. The number of aliphatic hydroxyl groups is 1. The Labute approximate surface area is 106 Å². The summed E-state index contributed by atoms with van der Waals surface area (Å²) < 4.78 is 1.49. The van der Waals surface area contributed by atoms with Crippen LogP contribution in [0.2, 0.25) is 0 Å². The number of aromatic nitrogens is 2. The molecule has 0 aliphatic heterocycles. The first-order valence-corrected chi connectivity index (χ1v) is 6.09. The quantitative estimate of drug-likeness (QED) is 0.569. The molecule has 1 unspecified atom stereocenters. The van der Waals surface area contributed by atoms with Gasteiger partial charge in [-0.1, -0.05) is 13.3 Å². The summed E-state index contributed by atoms with van der Waals surface area (Å²) in [6.07, 6.45) is 1.50. The molecule has 0 aromatic carbocycles. The van der Waals surface area contributed by atoms with Gasteiger partial charge in [0.05, 0.1) is 11.0 Å². The van der Waals surface area contributed by atoms with E-state index in [-0.39, 0.29) is 5.69 Å². The van der Waals surface area contributed by atoms with Crippen LogP contribution in [0.25, 0.3) is 0 Å². The van der Waals surface area contributed by atoms with Crippen LogP contribution in [0.15, 0.2) is 0 Å². The van der Waals surface area contributed by atoms with Crippen LogP contribution < -0.4 is 5.32 Å². The lowest BCUT2D eigenvalue weighted by atomic mass is 10.2. The molecule has 7 nitrogen and oxygen atoms in total. The Morgan fingerprint density at radius 2 is 2.28 bits per heavy atom. The summed E-state index contributed by atoms with van der Waals surface area (Å²) in [5.41, 5.74) is 0.550. The van der Waals surface area contributed by atoms with Crippen molar-refractivity contribution < 1.29 is 10.0 Å². The lowest BCUT2D eigenvalue weighted by molar-refractivity contribution is -0.384. The van der Waals surface area contributed by atoms with E-state index < -0.39 is 11.0 Å². The molecule has 18 heavy (non-hydrogen) atoms. The lowest BCUT2D eigenvalue weighted by Crippen LogP contribution is -2.12. The number of nitrogens with zero attached hydrogens (tertiary/aromatic N) is 3. The lowest BCUT2D eigenvalue weighted by Gasteiger charge is -2.07. The predicted molar refractivity (Wildman–Crippen MR) is 68.6 cm³/mol. The van der Waals surface area contributed by atoms with Crippen LogP contribution in [-0.4, -0.2) is 32.5 Å². The van der Waals surface area contributed by atoms with Crippen molar-refractivity contribution in [1.82, 2.24) is 9.78 Å². The molecule has 1 atom stereocenters. The van der Waals surface area contributed by atoms with E-state index in [1.807, 2.05) is 6.92 Å². The molecule has 1 rings (SSSR count). The third-order valence-corrected chi connectivity index (χ3v) is 2.62. The first kappa shape index (κ1) is 14.4. The molecule has 0 fully saturated rings. The Kier molecular flexibility index (Phi) is 5.08. The van der Waals surface area contributed by atoms with Gasteiger partial charge in [-0.3, -0.25) is 10.1 Å². The second kappa shape index (κ2) is 6.34. The molecule has 0 amide bonds. The van der Waals surface area contributed by atoms with Crippen LogP contribution in [0, 0.1) is 10.1 Å². The van der Waals surface area contributed by atoms with E-state index in [2.05, 4.69) is 10.4 Å². The highest BCUT2D eigenvalue weighted by Crippen LogP contribution is 2.28. The van der Waals surface area contributed by atoms with Gasteiger partial charge in [-0.25, -0.2) is 4.68 Å². The molecule has 102 valence electrons. The summed E-state index contributed by atoms with van der Waals surface area (Å²) in [4.78, 5) is 10.7. The fourth-order valence-corrected chi connectivity index (χ4v) is 1.76. The average molecular weight is 256 g/mol. The van der Waals surface area contributed by atoms with Crippen molar-refractivity contribution in [2.45, 2.75) is 39.2 Å². The van der Waals surface area contributed by atoms with Gasteiger partial charge in [0.15, 0.2) is 0 Å². The molecule has 0 saturated heterocycles. The summed E-state index contributed by atoms with van der Waals surface area (Å²) in [6.45, 7) is 4.12. The third-order valence-electron chi connectivity index (χ3n) is 2.62. The summed E-state index contributed by atoms with van der Waals surface area (Å²) in [5.74, 6) is 0.407. The third kappa shape index (κ3) is 3.43. The molecule has 0 aliphatic carbocycles. The minimum atomic E-state index is -0.431. The Hall–Kier alpha value is -1.63. The number of aryl methyl sites for hydroxylation is 2. The molecular formula is C11H20N4O3. The van der Waals surface area contributed by atoms with Gasteiger partial charge in [-0.2, -0.15) is 5.10 Å². The predicted octanol–water partition coefficient (Wildman–Crippen LogP) is 1.46. The Balaban J connectivity index is 2.91. The van der Waals surface area contributed by atoms with Crippen molar-refractivity contribution in [3.63, 3.8) is 0 Å². The standard InChI is InChI=1S/C11H20N4O3/c1-4-5-9-10(15(17)18)11(14(3)13-9)12-7-6-8(2)16/h8,12,16H,4-7H2,1-3H3. The normalized spacial score (nSPS) is 12.4. The zero-order valence-corrected chi connectivity index (χ0v) is 11.0. The smallest absolute Gasteiger partial charge is 0.333 e. The van der Waals surface area contributed by atoms with Crippen molar-refractivity contribution in [3.8, 4) is 0 Å². The Morgan fingerprint density at radius 1 is 1.61 bits per heavy atom. The molecule has 1 aromatic rings. The van der Waals surface area contributed by atoms with E-state index in [4.69, 9.17) is 0 Å². The number of aliphatic hydroxyl groups excluding tert-OH is 1. The van der Waals surface area contributed by atoms with Crippen LogP contribution in [0.4, 0.5) is 11.5 Å². The SMILES string of the molecule is CCCc1nn(C)c(NCCC(C)O)c1[N+](=O)[O-]. The summed E-state index contributed by atoms with van der Waals surface area (Å²) >= 11 is 0. The number of rotatable bonds is 7. The van der Waals surface area contributed by atoms with Crippen molar-refractivity contribution >= 4 is 11.5 Å². The minimum absolute atomic E-state index is 0.0462. The van der Waals surface area contributed by atoms with E-state index in [1.165, 1.54) is 4.68 Å². The fourth-order valence-electron chi connectivity index (χ4n) is 1.76. The second-order valence-corrected chi connectivity index (χ2v) is 4.34. The monoisotopic (exact) mass is 256 g/mol. The minimum Gasteiger partial charge on any atom is -0.393 e. The van der Waals surface area contributed by atoms with Crippen LogP contribution >= 0.6 is 0 Å². The molecule has 1 aromatic heterocycles. The number of nitro groups is 1. The van der Waals surface area contributed by atoms with Gasteiger partial charge in [0, 0.05) is 13.6 Å². The average Bonchev–Trinajstić information content (AvgIpc) is 2.55. The van der Waals surface area contributed by atoms with Crippen LogP contribution in [-0.2, 0) is 13.5 Å².